The molecule has 1 aromatic carbocycles. The maximum Gasteiger partial charge on any atom is 0.332 e. The minimum atomic E-state index is -4.60. The van der Waals surface area contributed by atoms with Gasteiger partial charge >= 0.3 is 10.2 Å². The third kappa shape index (κ3) is 3.26. The average Bonchev–Trinajstić information content (AvgIpc) is 2.14. The summed E-state index contributed by atoms with van der Waals surface area (Å²) < 4.78 is 38.5. The van der Waals surface area contributed by atoms with Crippen LogP contribution in [0, 0.1) is 0 Å². The predicted molar refractivity (Wildman–Crippen MR) is 54.0 cm³/mol. The van der Waals surface area contributed by atoms with Crippen molar-refractivity contribution in [2.75, 3.05) is 11.9 Å². The van der Waals surface area contributed by atoms with E-state index in [-0.39, 0.29) is 4.90 Å². The van der Waals surface area contributed by atoms with Gasteiger partial charge in [-0.15, -0.1) is 3.89 Å². The van der Waals surface area contributed by atoms with E-state index in [0.717, 1.165) is 0 Å². The second-order valence-corrected chi connectivity index (χ2v) is 4.59. The van der Waals surface area contributed by atoms with E-state index in [1.54, 1.807) is 0 Å². The smallest absolute Gasteiger partial charge is 0.332 e. The molecule has 0 aliphatic heterocycles. The van der Waals surface area contributed by atoms with Gasteiger partial charge in [-0.25, -0.2) is 0 Å². The van der Waals surface area contributed by atoms with Crippen LogP contribution in [0.25, 0.3) is 0 Å². The Bertz CT molecular complexity index is 388. The highest BCUT2D eigenvalue weighted by Gasteiger charge is 2.10. The van der Waals surface area contributed by atoms with Gasteiger partial charge < -0.3 is 4.74 Å². The molecular formula is C8H8BrFO3S. The molecular weight excluding hydrogens is 275 g/mol. The molecule has 78 valence electrons. The fraction of sp³-hybridized carbons (Fsp3) is 0.250. The lowest BCUT2D eigenvalue weighted by atomic mass is 10.3. The van der Waals surface area contributed by atoms with E-state index in [2.05, 4.69) is 15.9 Å². The lowest BCUT2D eigenvalue weighted by molar-refractivity contribution is 0.345. The van der Waals surface area contributed by atoms with Crippen molar-refractivity contribution in [2.45, 2.75) is 4.90 Å². The Balaban J connectivity index is 2.79. The average molecular weight is 283 g/mol. The van der Waals surface area contributed by atoms with Gasteiger partial charge in [-0.2, -0.15) is 8.42 Å². The molecule has 0 heterocycles. The highest BCUT2D eigenvalue weighted by molar-refractivity contribution is 9.09. The van der Waals surface area contributed by atoms with Crippen molar-refractivity contribution >= 4 is 26.2 Å². The summed E-state index contributed by atoms with van der Waals surface area (Å²) in [5.74, 6) is 0.511. The molecule has 0 N–H and O–H groups in total. The summed E-state index contributed by atoms with van der Waals surface area (Å²) in [5, 5.41) is 0.677. The van der Waals surface area contributed by atoms with Crippen molar-refractivity contribution < 1.29 is 17.0 Å². The van der Waals surface area contributed by atoms with Gasteiger partial charge in [0.2, 0.25) is 0 Å². The zero-order chi connectivity index (χ0) is 10.6. The van der Waals surface area contributed by atoms with E-state index in [0.29, 0.717) is 17.7 Å². The summed E-state index contributed by atoms with van der Waals surface area (Å²) in [6.45, 7) is 0.474. The highest BCUT2D eigenvalue weighted by atomic mass is 79.9. The molecule has 0 aliphatic rings. The van der Waals surface area contributed by atoms with Crippen LogP contribution in [0.5, 0.6) is 5.75 Å². The van der Waals surface area contributed by atoms with E-state index < -0.39 is 10.2 Å². The zero-order valence-corrected chi connectivity index (χ0v) is 9.52. The van der Waals surface area contributed by atoms with Crippen LogP contribution < -0.4 is 4.74 Å². The molecule has 3 nitrogen and oxygen atoms in total. The van der Waals surface area contributed by atoms with Crippen LogP contribution in [-0.2, 0) is 10.2 Å². The van der Waals surface area contributed by atoms with Gasteiger partial charge in [0.25, 0.3) is 0 Å². The molecule has 0 spiro atoms. The number of halogens is 2. The first kappa shape index (κ1) is 11.5. The maximum atomic E-state index is 12.4. The SMILES string of the molecule is O=S(=O)(F)c1ccc(OCCBr)cc1. The Hall–Kier alpha value is -0.620. The number of rotatable bonds is 4. The van der Waals surface area contributed by atoms with Crippen molar-refractivity contribution in [3.8, 4) is 5.75 Å². The molecule has 0 bridgehead atoms. The van der Waals surface area contributed by atoms with Gasteiger partial charge in [0.05, 0.1) is 11.5 Å². The van der Waals surface area contributed by atoms with Crippen LogP contribution in [0.15, 0.2) is 29.2 Å². The maximum absolute atomic E-state index is 12.4. The first-order valence-corrected chi connectivity index (χ1v) is 6.28. The van der Waals surface area contributed by atoms with E-state index in [9.17, 15) is 12.3 Å². The van der Waals surface area contributed by atoms with Crippen molar-refractivity contribution in [3.63, 3.8) is 0 Å². The van der Waals surface area contributed by atoms with E-state index in [1.807, 2.05) is 0 Å². The Labute approximate surface area is 90.2 Å². The van der Waals surface area contributed by atoms with E-state index in [1.165, 1.54) is 24.3 Å². The second-order valence-electron chi connectivity index (χ2n) is 2.45. The molecule has 0 aromatic heterocycles. The molecule has 6 heteroatoms. The fourth-order valence-corrected chi connectivity index (χ4v) is 1.48. The topological polar surface area (TPSA) is 43.4 Å². The first-order chi connectivity index (χ1) is 6.54. The van der Waals surface area contributed by atoms with Crippen molar-refractivity contribution in [1.29, 1.82) is 0 Å². The van der Waals surface area contributed by atoms with Crippen LogP contribution in [0.1, 0.15) is 0 Å². The number of alkyl halides is 1. The molecule has 0 atom stereocenters. The summed E-state index contributed by atoms with van der Waals surface area (Å²) in [6.07, 6.45) is 0. The lowest BCUT2D eigenvalue weighted by Crippen LogP contribution is -1.98. The lowest BCUT2D eigenvalue weighted by Gasteiger charge is -2.03. The van der Waals surface area contributed by atoms with Crippen LogP contribution in [0.4, 0.5) is 3.89 Å². The molecule has 0 unspecified atom stereocenters. The predicted octanol–water partition coefficient (Wildman–Crippen LogP) is 2.12. The number of hydrogen-bond acceptors (Lipinski definition) is 3. The van der Waals surface area contributed by atoms with Gasteiger partial charge in [-0.1, -0.05) is 15.9 Å². The van der Waals surface area contributed by atoms with Gasteiger partial charge in [0, 0.05) is 5.33 Å². The standard InChI is InChI=1S/C8H8BrFO3S/c9-5-6-13-7-1-3-8(4-2-7)14(10,11)12/h1-4H,5-6H2. The minimum absolute atomic E-state index is 0.358. The monoisotopic (exact) mass is 282 g/mol. The third-order valence-electron chi connectivity index (χ3n) is 1.45. The Morgan fingerprint density at radius 1 is 1.29 bits per heavy atom. The van der Waals surface area contributed by atoms with E-state index in [4.69, 9.17) is 4.74 Å². The summed E-state index contributed by atoms with van der Waals surface area (Å²) >= 11 is 3.17. The molecule has 0 saturated carbocycles. The van der Waals surface area contributed by atoms with Gasteiger partial charge in [0.15, 0.2) is 0 Å². The Morgan fingerprint density at radius 2 is 1.86 bits per heavy atom. The summed E-state index contributed by atoms with van der Waals surface area (Å²) in [5.41, 5.74) is 0. The molecule has 0 amide bonds. The fourth-order valence-electron chi connectivity index (χ4n) is 0.855. The zero-order valence-electron chi connectivity index (χ0n) is 7.11. The molecule has 1 aromatic rings. The molecule has 14 heavy (non-hydrogen) atoms. The van der Waals surface area contributed by atoms with Crippen molar-refractivity contribution in [2.24, 2.45) is 0 Å². The van der Waals surface area contributed by atoms with Crippen LogP contribution in [0.3, 0.4) is 0 Å². The molecule has 0 radical (unpaired) electrons. The summed E-state index contributed by atoms with van der Waals surface area (Å²) in [4.78, 5) is -0.358. The molecule has 1 rings (SSSR count). The minimum Gasteiger partial charge on any atom is -0.493 e. The summed E-state index contributed by atoms with van der Waals surface area (Å²) in [7, 11) is -4.60. The Morgan fingerprint density at radius 3 is 2.29 bits per heavy atom. The third-order valence-corrected chi connectivity index (χ3v) is 2.61. The number of hydrogen-bond donors (Lipinski definition) is 0. The van der Waals surface area contributed by atoms with E-state index >= 15 is 0 Å². The molecule has 0 saturated heterocycles. The van der Waals surface area contributed by atoms with Crippen LogP contribution in [-0.4, -0.2) is 20.4 Å². The van der Waals surface area contributed by atoms with Gasteiger partial charge in [-0.3, -0.25) is 0 Å². The molecule has 0 fully saturated rings. The van der Waals surface area contributed by atoms with Gasteiger partial charge in [0.1, 0.15) is 5.75 Å². The van der Waals surface area contributed by atoms with Crippen molar-refractivity contribution in [1.82, 2.24) is 0 Å². The number of benzene rings is 1. The van der Waals surface area contributed by atoms with Crippen LogP contribution in [0.2, 0.25) is 0 Å². The quantitative estimate of drug-likeness (QED) is 0.628. The number of ether oxygens (including phenoxy) is 1. The van der Waals surface area contributed by atoms with Crippen LogP contribution >= 0.6 is 15.9 Å². The van der Waals surface area contributed by atoms with Crippen molar-refractivity contribution in [3.05, 3.63) is 24.3 Å². The second kappa shape index (κ2) is 4.75. The van der Waals surface area contributed by atoms with Gasteiger partial charge in [-0.05, 0) is 24.3 Å². The largest absolute Gasteiger partial charge is 0.493 e. The molecule has 0 aliphatic carbocycles. The normalized spacial score (nSPS) is 11.3. The first-order valence-electron chi connectivity index (χ1n) is 3.77. The Kier molecular flexibility index (Phi) is 3.88. The summed E-state index contributed by atoms with van der Waals surface area (Å²) in [6, 6.07) is 5.15. The highest BCUT2D eigenvalue weighted by Crippen LogP contribution is 2.17.